The molecule has 28 heavy (non-hydrogen) atoms. The average Bonchev–Trinajstić information content (AvgIpc) is 2.59. The Labute approximate surface area is 190 Å². The molecule has 1 aliphatic rings. The molecule has 0 aliphatic carbocycles. The van der Waals surface area contributed by atoms with Crippen LogP contribution in [0.1, 0.15) is 31.7 Å². The van der Waals surface area contributed by atoms with Gasteiger partial charge in [-0.15, -0.1) is 24.0 Å². The molecule has 1 heterocycles. The summed E-state index contributed by atoms with van der Waals surface area (Å²) in [6.07, 6.45) is -3.68. The molecule has 0 radical (unpaired) electrons. The van der Waals surface area contributed by atoms with Crippen LogP contribution in [0.5, 0.6) is 0 Å². The zero-order valence-electron chi connectivity index (χ0n) is 15.5. The van der Waals surface area contributed by atoms with E-state index in [0.29, 0.717) is 42.3 Å². The zero-order valence-corrected chi connectivity index (χ0v) is 19.4. The van der Waals surface area contributed by atoms with Crippen molar-refractivity contribution in [2.24, 2.45) is 4.99 Å². The number of guanidine groups is 1. The topological polar surface area (TPSA) is 45.7 Å². The van der Waals surface area contributed by atoms with E-state index in [1.165, 1.54) is 0 Å². The number of hydrogen-bond donors (Lipinski definition) is 2. The fourth-order valence-electron chi connectivity index (χ4n) is 3.09. The highest BCUT2D eigenvalue weighted by atomic mass is 127. The quantitative estimate of drug-likeness (QED) is 0.290. The molecule has 10 heteroatoms. The van der Waals surface area contributed by atoms with E-state index in [-0.39, 0.29) is 35.9 Å². The van der Waals surface area contributed by atoms with Crippen LogP contribution in [0.25, 0.3) is 0 Å². The molecule has 2 rings (SSSR count). The molecule has 0 atom stereocenters. The van der Waals surface area contributed by atoms with Crippen LogP contribution in [0.2, 0.25) is 10.0 Å². The normalized spacial score (nSPS) is 17.0. The molecule has 0 aromatic heterocycles. The van der Waals surface area contributed by atoms with E-state index in [0.717, 1.165) is 18.4 Å². The lowest BCUT2D eigenvalue weighted by atomic mass is 9.74. The van der Waals surface area contributed by atoms with Crippen molar-refractivity contribution in [1.82, 2.24) is 10.6 Å². The summed E-state index contributed by atoms with van der Waals surface area (Å²) < 4.78 is 42.7. The predicted octanol–water partition coefficient (Wildman–Crippen LogP) is 5.17. The summed E-state index contributed by atoms with van der Waals surface area (Å²) in [4.78, 5) is 4.55. The van der Waals surface area contributed by atoms with Crippen LogP contribution >= 0.6 is 47.2 Å². The van der Waals surface area contributed by atoms with E-state index in [1.807, 2.05) is 13.0 Å². The van der Waals surface area contributed by atoms with Crippen LogP contribution in [-0.4, -0.2) is 45.0 Å². The van der Waals surface area contributed by atoms with Gasteiger partial charge in [0.25, 0.3) is 0 Å². The fraction of sp³-hybridized carbons (Fsp3) is 0.611. The standard InChI is InChI=1S/C18H24Cl2F3N3O.HI/c1-2-24-16(25-8-5-18(21,22)23)26-12-17(6-9-27-10-7-17)14-4-3-13(19)11-15(14)20;/h3-4,11H,2,5-10,12H2,1H3,(H2,24,25,26);1H. The molecule has 1 aromatic carbocycles. The van der Waals surface area contributed by atoms with E-state index in [9.17, 15) is 13.2 Å². The highest BCUT2D eigenvalue weighted by Crippen LogP contribution is 2.40. The first-order valence-electron chi connectivity index (χ1n) is 8.88. The Balaban J connectivity index is 0.00000392. The van der Waals surface area contributed by atoms with E-state index >= 15 is 0 Å². The van der Waals surface area contributed by atoms with Gasteiger partial charge in [0.1, 0.15) is 0 Å². The number of benzene rings is 1. The molecule has 0 amide bonds. The molecular weight excluding hydrogens is 529 g/mol. The number of rotatable bonds is 6. The summed E-state index contributed by atoms with van der Waals surface area (Å²) >= 11 is 12.4. The SMILES string of the molecule is CCNC(=NCC1(c2ccc(Cl)cc2Cl)CCOCC1)NCCC(F)(F)F.I. The Morgan fingerprint density at radius 3 is 2.46 bits per heavy atom. The van der Waals surface area contributed by atoms with Crippen LogP contribution in [-0.2, 0) is 10.2 Å². The molecule has 1 fully saturated rings. The maximum atomic E-state index is 12.4. The van der Waals surface area contributed by atoms with Gasteiger partial charge in [-0.2, -0.15) is 13.2 Å². The van der Waals surface area contributed by atoms with Crippen LogP contribution in [0.3, 0.4) is 0 Å². The monoisotopic (exact) mass is 553 g/mol. The number of nitrogens with one attached hydrogen (secondary N) is 2. The number of hydrogen-bond acceptors (Lipinski definition) is 2. The third-order valence-corrected chi connectivity index (χ3v) is 5.09. The van der Waals surface area contributed by atoms with Crippen LogP contribution in [0.4, 0.5) is 13.2 Å². The molecule has 0 bridgehead atoms. The van der Waals surface area contributed by atoms with Gasteiger partial charge in [-0.25, -0.2) is 0 Å². The minimum atomic E-state index is -4.21. The molecule has 1 aromatic rings. The summed E-state index contributed by atoms with van der Waals surface area (Å²) in [6, 6.07) is 5.39. The van der Waals surface area contributed by atoms with Crippen molar-refractivity contribution < 1.29 is 17.9 Å². The van der Waals surface area contributed by atoms with Crippen LogP contribution in [0.15, 0.2) is 23.2 Å². The molecule has 1 aliphatic heterocycles. The number of ether oxygens (including phenoxy) is 1. The Morgan fingerprint density at radius 1 is 1.21 bits per heavy atom. The molecule has 1 saturated heterocycles. The van der Waals surface area contributed by atoms with Crippen molar-refractivity contribution in [1.29, 1.82) is 0 Å². The van der Waals surface area contributed by atoms with Crippen molar-refractivity contribution in [3.63, 3.8) is 0 Å². The lowest BCUT2D eigenvalue weighted by Crippen LogP contribution is -2.42. The summed E-state index contributed by atoms with van der Waals surface area (Å²) in [6.45, 7) is 3.72. The lowest BCUT2D eigenvalue weighted by Gasteiger charge is -2.37. The van der Waals surface area contributed by atoms with Gasteiger partial charge in [0.05, 0.1) is 13.0 Å². The van der Waals surface area contributed by atoms with E-state index < -0.39 is 12.6 Å². The van der Waals surface area contributed by atoms with Gasteiger partial charge in [0.2, 0.25) is 0 Å². The van der Waals surface area contributed by atoms with Crippen molar-refractivity contribution in [2.45, 2.75) is 37.8 Å². The first-order chi connectivity index (χ1) is 12.8. The second-order valence-electron chi connectivity index (χ2n) is 6.50. The Kier molecular flexibility index (Phi) is 10.7. The smallest absolute Gasteiger partial charge is 0.381 e. The first kappa shape index (κ1) is 25.6. The Bertz CT molecular complexity index is 653. The third-order valence-electron chi connectivity index (χ3n) is 4.54. The van der Waals surface area contributed by atoms with E-state index in [4.69, 9.17) is 27.9 Å². The van der Waals surface area contributed by atoms with Crippen molar-refractivity contribution in [3.8, 4) is 0 Å². The Morgan fingerprint density at radius 2 is 1.89 bits per heavy atom. The molecule has 160 valence electrons. The highest BCUT2D eigenvalue weighted by molar-refractivity contribution is 14.0. The fourth-order valence-corrected chi connectivity index (χ4v) is 3.70. The maximum Gasteiger partial charge on any atom is 0.390 e. The van der Waals surface area contributed by atoms with Gasteiger partial charge in [-0.1, -0.05) is 29.3 Å². The number of nitrogens with zero attached hydrogens (tertiary/aromatic N) is 1. The zero-order chi connectivity index (χ0) is 19.9. The molecule has 0 unspecified atom stereocenters. The molecule has 0 saturated carbocycles. The van der Waals surface area contributed by atoms with Gasteiger partial charge in [-0.3, -0.25) is 4.99 Å². The molecular formula is C18H25Cl2F3IN3O. The second kappa shape index (κ2) is 11.7. The molecule has 0 spiro atoms. The van der Waals surface area contributed by atoms with Gasteiger partial charge in [0, 0.05) is 41.8 Å². The second-order valence-corrected chi connectivity index (χ2v) is 7.35. The number of alkyl halides is 3. The van der Waals surface area contributed by atoms with Crippen molar-refractivity contribution in [3.05, 3.63) is 33.8 Å². The van der Waals surface area contributed by atoms with Gasteiger partial charge in [-0.05, 0) is 37.5 Å². The van der Waals surface area contributed by atoms with Crippen LogP contribution < -0.4 is 10.6 Å². The predicted molar refractivity (Wildman–Crippen MR) is 118 cm³/mol. The molecule has 4 nitrogen and oxygen atoms in total. The van der Waals surface area contributed by atoms with Crippen molar-refractivity contribution >= 4 is 53.1 Å². The van der Waals surface area contributed by atoms with Gasteiger partial charge < -0.3 is 15.4 Å². The van der Waals surface area contributed by atoms with Gasteiger partial charge >= 0.3 is 6.18 Å². The highest BCUT2D eigenvalue weighted by Gasteiger charge is 2.36. The first-order valence-corrected chi connectivity index (χ1v) is 9.63. The number of halogens is 6. The minimum absolute atomic E-state index is 0. The summed E-state index contributed by atoms with van der Waals surface area (Å²) in [5.74, 6) is 0.359. The summed E-state index contributed by atoms with van der Waals surface area (Å²) in [7, 11) is 0. The summed E-state index contributed by atoms with van der Waals surface area (Å²) in [5, 5.41) is 6.85. The van der Waals surface area contributed by atoms with Crippen LogP contribution in [0, 0.1) is 0 Å². The van der Waals surface area contributed by atoms with Gasteiger partial charge in [0.15, 0.2) is 5.96 Å². The minimum Gasteiger partial charge on any atom is -0.381 e. The maximum absolute atomic E-state index is 12.4. The summed E-state index contributed by atoms with van der Waals surface area (Å²) in [5.41, 5.74) is 0.596. The lowest BCUT2D eigenvalue weighted by molar-refractivity contribution is -0.132. The van der Waals surface area contributed by atoms with E-state index in [1.54, 1.807) is 12.1 Å². The number of aliphatic imine (C=N–C) groups is 1. The molecule has 2 N–H and O–H groups in total. The van der Waals surface area contributed by atoms with Crippen molar-refractivity contribution in [2.75, 3.05) is 32.8 Å². The largest absolute Gasteiger partial charge is 0.390 e. The third kappa shape index (κ3) is 7.76. The average molecular weight is 554 g/mol. The Hall–Kier alpha value is -0.450. The van der Waals surface area contributed by atoms with E-state index in [2.05, 4.69) is 15.6 Å².